The van der Waals surface area contributed by atoms with Gasteiger partial charge in [0.1, 0.15) is 5.60 Å². The second-order valence-corrected chi connectivity index (χ2v) is 8.28. The van der Waals surface area contributed by atoms with Crippen LogP contribution in [0.25, 0.3) is 0 Å². The van der Waals surface area contributed by atoms with Gasteiger partial charge in [-0.3, -0.25) is 9.67 Å². The Balaban J connectivity index is 1.76. The number of benzene rings is 1. The number of aliphatic imine (C=N–C) groups is 1. The SMILES string of the molecule is CN=C(NCCc1cnn(C)c1)NCc1ccc(CN(C)C(=O)OC(C)(C)C)cc1. The van der Waals surface area contributed by atoms with Crippen LogP contribution in [0.4, 0.5) is 4.79 Å². The summed E-state index contributed by atoms with van der Waals surface area (Å²) in [6.45, 7) is 7.53. The summed E-state index contributed by atoms with van der Waals surface area (Å²) in [5.74, 6) is 0.757. The summed E-state index contributed by atoms with van der Waals surface area (Å²) in [7, 11) is 5.41. The smallest absolute Gasteiger partial charge is 0.410 e. The molecule has 0 fully saturated rings. The third kappa shape index (κ3) is 8.14. The van der Waals surface area contributed by atoms with Crippen LogP contribution in [0.2, 0.25) is 0 Å². The number of ether oxygens (including phenoxy) is 1. The number of aromatic nitrogens is 2. The van der Waals surface area contributed by atoms with E-state index in [-0.39, 0.29) is 6.09 Å². The Bertz CT molecular complexity index is 836. The van der Waals surface area contributed by atoms with Gasteiger partial charge in [-0.1, -0.05) is 24.3 Å². The van der Waals surface area contributed by atoms with Crippen molar-refractivity contribution in [3.63, 3.8) is 0 Å². The lowest BCUT2D eigenvalue weighted by Crippen LogP contribution is -2.37. The lowest BCUT2D eigenvalue weighted by atomic mass is 10.1. The minimum Gasteiger partial charge on any atom is -0.444 e. The number of nitrogens with zero attached hydrogens (tertiary/aromatic N) is 4. The maximum absolute atomic E-state index is 12.1. The van der Waals surface area contributed by atoms with Crippen LogP contribution >= 0.6 is 0 Å². The Kier molecular flexibility index (Phi) is 8.26. The molecule has 8 heteroatoms. The monoisotopic (exact) mass is 414 g/mol. The molecule has 0 bridgehead atoms. The Morgan fingerprint density at radius 3 is 2.40 bits per heavy atom. The highest BCUT2D eigenvalue weighted by atomic mass is 16.6. The third-order valence-corrected chi connectivity index (χ3v) is 4.30. The van der Waals surface area contributed by atoms with Crippen molar-refractivity contribution in [2.24, 2.45) is 12.0 Å². The molecule has 0 spiro atoms. The predicted molar refractivity (Wildman–Crippen MR) is 119 cm³/mol. The van der Waals surface area contributed by atoms with E-state index in [2.05, 4.69) is 20.7 Å². The number of nitrogens with one attached hydrogen (secondary N) is 2. The van der Waals surface area contributed by atoms with Crippen LogP contribution in [0.1, 0.15) is 37.5 Å². The fourth-order valence-corrected chi connectivity index (χ4v) is 2.77. The second-order valence-electron chi connectivity index (χ2n) is 8.28. The number of hydrogen-bond donors (Lipinski definition) is 2. The molecule has 1 amide bonds. The molecule has 2 rings (SSSR count). The highest BCUT2D eigenvalue weighted by Crippen LogP contribution is 2.12. The first-order valence-corrected chi connectivity index (χ1v) is 10.1. The van der Waals surface area contributed by atoms with Gasteiger partial charge in [-0.05, 0) is 43.9 Å². The van der Waals surface area contributed by atoms with Gasteiger partial charge in [0.15, 0.2) is 5.96 Å². The van der Waals surface area contributed by atoms with E-state index in [0.29, 0.717) is 13.1 Å². The average Bonchev–Trinajstić information content (AvgIpc) is 3.09. The molecule has 0 aliphatic heterocycles. The van der Waals surface area contributed by atoms with Crippen LogP contribution in [0.3, 0.4) is 0 Å². The summed E-state index contributed by atoms with van der Waals surface area (Å²) in [5, 5.41) is 10.8. The Labute approximate surface area is 179 Å². The minimum absolute atomic E-state index is 0.325. The molecule has 164 valence electrons. The van der Waals surface area contributed by atoms with Gasteiger partial charge in [0, 0.05) is 47.0 Å². The van der Waals surface area contributed by atoms with Crippen molar-refractivity contribution >= 4 is 12.1 Å². The molecule has 2 N–H and O–H groups in total. The number of carbonyl (C=O) groups excluding carboxylic acids is 1. The van der Waals surface area contributed by atoms with E-state index in [1.807, 2.05) is 64.5 Å². The standard InChI is InChI=1S/C22H34N6O2/c1-22(2,3)30-21(29)27(5)15-18-9-7-17(8-10-18)13-25-20(23-4)24-12-11-19-14-26-28(6)16-19/h7-10,14,16H,11-13,15H2,1-6H3,(H2,23,24,25). The van der Waals surface area contributed by atoms with E-state index < -0.39 is 5.60 Å². The van der Waals surface area contributed by atoms with Gasteiger partial charge in [-0.25, -0.2) is 4.79 Å². The maximum Gasteiger partial charge on any atom is 0.410 e. The van der Waals surface area contributed by atoms with Gasteiger partial charge >= 0.3 is 6.09 Å². The zero-order valence-electron chi connectivity index (χ0n) is 18.9. The van der Waals surface area contributed by atoms with Gasteiger partial charge in [-0.15, -0.1) is 0 Å². The first kappa shape index (κ1) is 23.3. The number of amides is 1. The molecule has 0 aliphatic carbocycles. The van der Waals surface area contributed by atoms with E-state index in [0.717, 1.165) is 30.1 Å². The molecule has 0 saturated carbocycles. The summed E-state index contributed by atoms with van der Waals surface area (Å²) in [6.07, 6.45) is 4.45. The third-order valence-electron chi connectivity index (χ3n) is 4.30. The van der Waals surface area contributed by atoms with Crippen LogP contribution < -0.4 is 10.6 Å². The zero-order chi connectivity index (χ0) is 22.1. The fraction of sp³-hybridized carbons (Fsp3) is 0.500. The molecule has 8 nitrogen and oxygen atoms in total. The molecule has 1 heterocycles. The van der Waals surface area contributed by atoms with E-state index in [9.17, 15) is 4.79 Å². The van der Waals surface area contributed by atoms with Crippen LogP contribution in [0.15, 0.2) is 41.7 Å². The molecule has 0 atom stereocenters. The van der Waals surface area contributed by atoms with Crippen molar-refractivity contribution in [2.75, 3.05) is 20.6 Å². The number of hydrogen-bond acceptors (Lipinski definition) is 4. The van der Waals surface area contributed by atoms with Crippen LogP contribution in [0.5, 0.6) is 0 Å². The summed E-state index contributed by atoms with van der Waals surface area (Å²) >= 11 is 0. The lowest BCUT2D eigenvalue weighted by Gasteiger charge is -2.24. The summed E-state index contributed by atoms with van der Waals surface area (Å²) in [5.41, 5.74) is 2.87. The fourth-order valence-electron chi connectivity index (χ4n) is 2.77. The van der Waals surface area contributed by atoms with Crippen molar-refractivity contribution in [2.45, 2.75) is 45.9 Å². The van der Waals surface area contributed by atoms with Gasteiger partial charge in [0.25, 0.3) is 0 Å². The first-order chi connectivity index (χ1) is 14.2. The molecule has 0 unspecified atom stereocenters. The molecule has 0 saturated heterocycles. The van der Waals surface area contributed by atoms with E-state index in [1.54, 1.807) is 23.7 Å². The molecular formula is C22H34N6O2. The molecule has 2 aromatic rings. The molecule has 30 heavy (non-hydrogen) atoms. The summed E-state index contributed by atoms with van der Waals surface area (Å²) in [4.78, 5) is 17.9. The van der Waals surface area contributed by atoms with E-state index >= 15 is 0 Å². The van der Waals surface area contributed by atoms with Crippen LogP contribution in [-0.2, 0) is 31.3 Å². The van der Waals surface area contributed by atoms with Gasteiger partial charge in [0.2, 0.25) is 0 Å². The average molecular weight is 415 g/mol. The van der Waals surface area contributed by atoms with Crippen molar-refractivity contribution in [3.05, 3.63) is 53.3 Å². The molecule has 1 aromatic heterocycles. The highest BCUT2D eigenvalue weighted by Gasteiger charge is 2.19. The van der Waals surface area contributed by atoms with Crippen molar-refractivity contribution in [1.29, 1.82) is 0 Å². The van der Waals surface area contributed by atoms with Crippen LogP contribution in [-0.4, -0.2) is 53.0 Å². The number of rotatable bonds is 7. The zero-order valence-corrected chi connectivity index (χ0v) is 18.9. The number of guanidine groups is 1. The number of aryl methyl sites for hydroxylation is 1. The minimum atomic E-state index is -0.495. The highest BCUT2D eigenvalue weighted by molar-refractivity contribution is 5.79. The molecule has 0 radical (unpaired) electrons. The van der Waals surface area contributed by atoms with Crippen LogP contribution in [0, 0.1) is 0 Å². The van der Waals surface area contributed by atoms with Crippen molar-refractivity contribution in [3.8, 4) is 0 Å². The number of carbonyl (C=O) groups is 1. The molecular weight excluding hydrogens is 380 g/mol. The predicted octanol–water partition coefficient (Wildman–Crippen LogP) is 2.69. The Morgan fingerprint density at radius 2 is 1.83 bits per heavy atom. The Hall–Kier alpha value is -3.03. The van der Waals surface area contributed by atoms with Gasteiger partial charge < -0.3 is 20.3 Å². The molecule has 0 aliphatic rings. The van der Waals surface area contributed by atoms with E-state index in [1.165, 1.54) is 5.56 Å². The maximum atomic E-state index is 12.1. The normalized spacial score (nSPS) is 11.9. The lowest BCUT2D eigenvalue weighted by molar-refractivity contribution is 0.0285. The van der Waals surface area contributed by atoms with Crippen molar-refractivity contribution < 1.29 is 9.53 Å². The van der Waals surface area contributed by atoms with Gasteiger partial charge in [-0.2, -0.15) is 5.10 Å². The summed E-state index contributed by atoms with van der Waals surface area (Å²) < 4.78 is 7.19. The quantitative estimate of drug-likeness (QED) is 0.538. The van der Waals surface area contributed by atoms with Crippen molar-refractivity contribution in [1.82, 2.24) is 25.3 Å². The first-order valence-electron chi connectivity index (χ1n) is 10.1. The summed E-state index contributed by atoms with van der Waals surface area (Å²) in [6, 6.07) is 8.15. The van der Waals surface area contributed by atoms with Gasteiger partial charge in [0.05, 0.1) is 6.20 Å². The largest absolute Gasteiger partial charge is 0.444 e. The second kappa shape index (κ2) is 10.7. The molecule has 1 aromatic carbocycles. The Morgan fingerprint density at radius 1 is 1.17 bits per heavy atom. The topological polar surface area (TPSA) is 83.8 Å². The van der Waals surface area contributed by atoms with E-state index in [4.69, 9.17) is 4.74 Å².